The van der Waals surface area contributed by atoms with Gasteiger partial charge in [-0.25, -0.2) is 8.42 Å². The molecule has 0 amide bonds. The standard InChI is InChI=1S/C13H15ClN2O2S2/c1-20(17,18)13-9-19-5-4-16(13)8-11-3-2-10(7-15)6-12(11)14/h2-3,6,13H,4-5,8-9H2,1H3. The second kappa shape index (κ2) is 6.35. The van der Waals surface area contributed by atoms with Crippen LogP contribution in [0.1, 0.15) is 11.1 Å². The van der Waals surface area contributed by atoms with E-state index in [0.29, 0.717) is 22.9 Å². The van der Waals surface area contributed by atoms with E-state index >= 15 is 0 Å². The summed E-state index contributed by atoms with van der Waals surface area (Å²) in [6, 6.07) is 7.15. The molecule has 0 N–H and O–H groups in total. The Hall–Kier alpha value is -0.740. The Bertz CT molecular complexity index is 640. The zero-order chi connectivity index (χ0) is 14.8. The smallest absolute Gasteiger partial charge is 0.164 e. The number of hydrogen-bond donors (Lipinski definition) is 0. The van der Waals surface area contributed by atoms with Crippen LogP contribution in [0.2, 0.25) is 5.02 Å². The van der Waals surface area contributed by atoms with E-state index in [4.69, 9.17) is 16.9 Å². The van der Waals surface area contributed by atoms with Crippen LogP contribution in [0.5, 0.6) is 0 Å². The highest BCUT2D eigenvalue weighted by atomic mass is 35.5. The van der Waals surface area contributed by atoms with Gasteiger partial charge in [-0.05, 0) is 17.7 Å². The van der Waals surface area contributed by atoms with E-state index in [9.17, 15) is 8.42 Å². The molecule has 20 heavy (non-hydrogen) atoms. The van der Waals surface area contributed by atoms with Crippen molar-refractivity contribution in [2.24, 2.45) is 0 Å². The molecule has 0 aliphatic carbocycles. The van der Waals surface area contributed by atoms with Gasteiger partial charge in [0.2, 0.25) is 0 Å². The summed E-state index contributed by atoms with van der Waals surface area (Å²) in [5.74, 6) is 1.51. The number of hydrogen-bond acceptors (Lipinski definition) is 5. The molecular formula is C13H15ClN2O2S2. The van der Waals surface area contributed by atoms with Crippen molar-refractivity contribution >= 4 is 33.2 Å². The largest absolute Gasteiger partial charge is 0.281 e. The summed E-state index contributed by atoms with van der Waals surface area (Å²) in [6.07, 6.45) is 1.27. The molecule has 4 nitrogen and oxygen atoms in total. The first-order chi connectivity index (χ1) is 9.41. The van der Waals surface area contributed by atoms with Crippen molar-refractivity contribution in [2.45, 2.75) is 11.9 Å². The molecule has 0 saturated carbocycles. The molecule has 0 radical (unpaired) electrons. The number of nitrogens with zero attached hydrogens (tertiary/aromatic N) is 2. The van der Waals surface area contributed by atoms with Gasteiger partial charge in [-0.1, -0.05) is 17.7 Å². The Morgan fingerprint density at radius 2 is 2.30 bits per heavy atom. The summed E-state index contributed by atoms with van der Waals surface area (Å²) >= 11 is 7.81. The lowest BCUT2D eigenvalue weighted by molar-refractivity contribution is 0.262. The first-order valence-electron chi connectivity index (χ1n) is 6.11. The topological polar surface area (TPSA) is 61.2 Å². The van der Waals surface area contributed by atoms with E-state index in [-0.39, 0.29) is 0 Å². The van der Waals surface area contributed by atoms with E-state index < -0.39 is 15.2 Å². The fourth-order valence-corrected chi connectivity index (χ4v) is 5.34. The second-order valence-electron chi connectivity index (χ2n) is 4.75. The maximum Gasteiger partial charge on any atom is 0.164 e. The average molecular weight is 331 g/mol. The summed E-state index contributed by atoms with van der Waals surface area (Å²) in [5, 5.41) is 8.87. The summed E-state index contributed by atoms with van der Waals surface area (Å²) in [6.45, 7) is 1.21. The van der Waals surface area contributed by atoms with Gasteiger partial charge in [-0.2, -0.15) is 17.0 Å². The molecule has 7 heteroatoms. The van der Waals surface area contributed by atoms with Crippen LogP contribution in [0.15, 0.2) is 18.2 Å². The molecule has 0 aromatic heterocycles. The number of nitriles is 1. The molecule has 1 aliphatic rings. The monoisotopic (exact) mass is 330 g/mol. The summed E-state index contributed by atoms with van der Waals surface area (Å²) < 4.78 is 23.7. The van der Waals surface area contributed by atoms with Gasteiger partial charge in [0.1, 0.15) is 5.37 Å². The van der Waals surface area contributed by atoms with Gasteiger partial charge in [0.25, 0.3) is 0 Å². The Morgan fingerprint density at radius 3 is 2.90 bits per heavy atom. The fourth-order valence-electron chi connectivity index (χ4n) is 2.15. The van der Waals surface area contributed by atoms with Crippen LogP contribution < -0.4 is 0 Å². The van der Waals surface area contributed by atoms with Gasteiger partial charge in [-0.15, -0.1) is 0 Å². The minimum Gasteiger partial charge on any atom is -0.281 e. The molecule has 1 heterocycles. The highest BCUT2D eigenvalue weighted by Gasteiger charge is 2.31. The van der Waals surface area contributed by atoms with E-state index in [1.165, 1.54) is 6.26 Å². The molecule has 1 atom stereocenters. The maximum atomic E-state index is 11.8. The minimum absolute atomic E-state index is 0.465. The normalized spacial score (nSPS) is 20.6. The van der Waals surface area contributed by atoms with E-state index in [0.717, 1.165) is 17.9 Å². The lowest BCUT2D eigenvalue weighted by Gasteiger charge is -2.34. The number of benzene rings is 1. The Balaban J connectivity index is 2.21. The van der Waals surface area contributed by atoms with Gasteiger partial charge in [0.05, 0.1) is 11.6 Å². The third kappa shape index (κ3) is 3.67. The quantitative estimate of drug-likeness (QED) is 0.849. The van der Waals surface area contributed by atoms with E-state index in [1.54, 1.807) is 30.0 Å². The molecule has 1 aromatic carbocycles. The predicted molar refractivity (Wildman–Crippen MR) is 82.5 cm³/mol. The summed E-state index contributed by atoms with van der Waals surface area (Å²) in [5.41, 5.74) is 1.36. The highest BCUT2D eigenvalue weighted by Crippen LogP contribution is 2.25. The molecule has 0 bridgehead atoms. The number of sulfone groups is 1. The third-order valence-electron chi connectivity index (χ3n) is 3.24. The Kier molecular flexibility index (Phi) is 4.97. The van der Waals surface area contributed by atoms with Gasteiger partial charge in [0, 0.05) is 35.9 Å². The molecular weight excluding hydrogens is 316 g/mol. The lowest BCUT2D eigenvalue weighted by Crippen LogP contribution is -2.46. The van der Waals surface area contributed by atoms with Crippen LogP contribution in [0.4, 0.5) is 0 Å². The van der Waals surface area contributed by atoms with Crippen molar-refractivity contribution in [3.63, 3.8) is 0 Å². The zero-order valence-electron chi connectivity index (χ0n) is 11.0. The number of halogens is 1. The SMILES string of the molecule is CS(=O)(=O)C1CSCCN1Cc1ccc(C#N)cc1Cl. The summed E-state index contributed by atoms with van der Waals surface area (Å²) in [7, 11) is -3.11. The van der Waals surface area contributed by atoms with Gasteiger partial charge >= 0.3 is 0 Å². The molecule has 1 unspecified atom stereocenters. The molecule has 0 spiro atoms. The highest BCUT2D eigenvalue weighted by molar-refractivity contribution is 8.00. The van der Waals surface area contributed by atoms with Gasteiger partial charge in [-0.3, -0.25) is 4.90 Å². The molecule has 108 valence electrons. The molecule has 1 saturated heterocycles. The predicted octanol–water partition coefficient (Wildman–Crippen LogP) is 2.13. The van der Waals surface area contributed by atoms with Crippen molar-refractivity contribution in [1.82, 2.24) is 4.90 Å². The average Bonchev–Trinajstić information content (AvgIpc) is 2.40. The lowest BCUT2D eigenvalue weighted by atomic mass is 10.1. The molecule has 2 rings (SSSR count). The van der Waals surface area contributed by atoms with E-state index in [1.807, 2.05) is 11.0 Å². The maximum absolute atomic E-state index is 11.8. The molecule has 1 fully saturated rings. The van der Waals surface area contributed by atoms with Crippen molar-refractivity contribution in [1.29, 1.82) is 5.26 Å². The van der Waals surface area contributed by atoms with Crippen LogP contribution in [0.25, 0.3) is 0 Å². The first kappa shape index (κ1) is 15.6. The van der Waals surface area contributed by atoms with Gasteiger partial charge < -0.3 is 0 Å². The number of rotatable bonds is 3. The van der Waals surface area contributed by atoms with Crippen molar-refractivity contribution in [3.05, 3.63) is 34.3 Å². The van der Waals surface area contributed by atoms with Crippen LogP contribution in [0, 0.1) is 11.3 Å². The van der Waals surface area contributed by atoms with Crippen LogP contribution >= 0.6 is 23.4 Å². The van der Waals surface area contributed by atoms with E-state index in [2.05, 4.69) is 0 Å². The van der Waals surface area contributed by atoms with Crippen LogP contribution in [-0.4, -0.2) is 43.0 Å². The Morgan fingerprint density at radius 1 is 1.55 bits per heavy atom. The third-order valence-corrected chi connectivity index (χ3v) is 6.28. The molecule has 1 aliphatic heterocycles. The first-order valence-corrected chi connectivity index (χ1v) is 9.59. The summed E-state index contributed by atoms with van der Waals surface area (Å²) in [4.78, 5) is 1.94. The zero-order valence-corrected chi connectivity index (χ0v) is 13.4. The van der Waals surface area contributed by atoms with Gasteiger partial charge in [0.15, 0.2) is 9.84 Å². The van der Waals surface area contributed by atoms with Crippen molar-refractivity contribution in [3.8, 4) is 6.07 Å². The van der Waals surface area contributed by atoms with Crippen molar-refractivity contribution in [2.75, 3.05) is 24.3 Å². The minimum atomic E-state index is -3.11. The fraction of sp³-hybridized carbons (Fsp3) is 0.462. The van der Waals surface area contributed by atoms with Crippen LogP contribution in [-0.2, 0) is 16.4 Å². The second-order valence-corrected chi connectivity index (χ2v) is 8.51. The molecule has 1 aromatic rings. The Labute approximate surface area is 128 Å². The van der Waals surface area contributed by atoms with Crippen LogP contribution in [0.3, 0.4) is 0 Å². The van der Waals surface area contributed by atoms with Crippen molar-refractivity contribution < 1.29 is 8.42 Å². The number of thioether (sulfide) groups is 1.